The van der Waals surface area contributed by atoms with Gasteiger partial charge in [0.15, 0.2) is 0 Å². The van der Waals surface area contributed by atoms with E-state index in [0.29, 0.717) is 37.0 Å². The molecule has 1 aliphatic rings. The maximum absolute atomic E-state index is 12.6. The molecule has 24 heavy (non-hydrogen) atoms. The Morgan fingerprint density at radius 1 is 1.04 bits per heavy atom. The molecule has 0 atom stereocenters. The molecule has 1 fully saturated rings. The maximum atomic E-state index is 12.6. The van der Waals surface area contributed by atoms with Crippen LogP contribution in [0.1, 0.15) is 5.56 Å². The second-order valence-electron chi connectivity index (χ2n) is 5.70. The van der Waals surface area contributed by atoms with Gasteiger partial charge in [0.05, 0.1) is 12.0 Å². The van der Waals surface area contributed by atoms with E-state index in [2.05, 4.69) is 9.88 Å². The monoisotopic (exact) mass is 347 g/mol. The van der Waals surface area contributed by atoms with Gasteiger partial charge in [-0.25, -0.2) is 13.4 Å². The van der Waals surface area contributed by atoms with Crippen molar-refractivity contribution in [2.75, 3.05) is 33.3 Å². The Morgan fingerprint density at radius 3 is 2.33 bits per heavy atom. The Balaban J connectivity index is 1.59. The normalized spacial score (nSPS) is 16.9. The van der Waals surface area contributed by atoms with Crippen molar-refractivity contribution in [2.45, 2.75) is 11.4 Å². The van der Waals surface area contributed by atoms with E-state index < -0.39 is 10.0 Å². The van der Waals surface area contributed by atoms with E-state index in [1.165, 1.54) is 0 Å². The molecule has 1 aliphatic heterocycles. The average Bonchev–Trinajstić information content (AvgIpc) is 2.63. The zero-order chi connectivity index (χ0) is 17.0. The van der Waals surface area contributed by atoms with E-state index in [-0.39, 0.29) is 0 Å². The molecular formula is C17H21N3O3S. The average molecular weight is 347 g/mol. The second-order valence-corrected chi connectivity index (χ2v) is 7.64. The molecule has 7 heteroatoms. The summed E-state index contributed by atoms with van der Waals surface area (Å²) in [5, 5.41) is 0. The van der Waals surface area contributed by atoms with Crippen LogP contribution in [-0.2, 0) is 16.6 Å². The third-order valence-corrected chi connectivity index (χ3v) is 6.04. The fraction of sp³-hybridized carbons (Fsp3) is 0.353. The van der Waals surface area contributed by atoms with Gasteiger partial charge in [0.2, 0.25) is 15.9 Å². The summed E-state index contributed by atoms with van der Waals surface area (Å²) < 4.78 is 31.8. The standard InChI is InChI=1S/C17H21N3O3S/c1-23-17-8-7-15(13-18-17)14-19-9-11-20(12-10-19)24(21,22)16-5-3-2-4-6-16/h2-8,13H,9-12,14H2,1H3. The topological polar surface area (TPSA) is 62.7 Å². The lowest BCUT2D eigenvalue weighted by molar-refractivity contribution is 0.181. The number of benzene rings is 1. The number of piperazine rings is 1. The van der Waals surface area contributed by atoms with Gasteiger partial charge >= 0.3 is 0 Å². The first-order valence-corrected chi connectivity index (χ1v) is 9.30. The molecule has 2 heterocycles. The summed E-state index contributed by atoms with van der Waals surface area (Å²) in [6, 6.07) is 12.4. The first-order valence-electron chi connectivity index (χ1n) is 7.86. The zero-order valence-electron chi connectivity index (χ0n) is 13.6. The van der Waals surface area contributed by atoms with Gasteiger partial charge in [-0.1, -0.05) is 24.3 Å². The van der Waals surface area contributed by atoms with Gasteiger partial charge in [0.25, 0.3) is 0 Å². The number of hydrogen-bond donors (Lipinski definition) is 0. The minimum atomic E-state index is -3.39. The number of aromatic nitrogens is 1. The van der Waals surface area contributed by atoms with Crippen LogP contribution in [0.2, 0.25) is 0 Å². The fourth-order valence-corrected chi connectivity index (χ4v) is 4.20. The van der Waals surface area contributed by atoms with Crippen molar-refractivity contribution >= 4 is 10.0 Å². The Morgan fingerprint density at radius 2 is 1.75 bits per heavy atom. The minimum Gasteiger partial charge on any atom is -0.481 e. The molecule has 0 amide bonds. The highest BCUT2D eigenvalue weighted by Crippen LogP contribution is 2.18. The summed E-state index contributed by atoms with van der Waals surface area (Å²) in [4.78, 5) is 6.80. The highest BCUT2D eigenvalue weighted by atomic mass is 32.2. The lowest BCUT2D eigenvalue weighted by Gasteiger charge is -2.33. The smallest absolute Gasteiger partial charge is 0.243 e. The molecule has 0 spiro atoms. The number of hydrogen-bond acceptors (Lipinski definition) is 5. The van der Waals surface area contributed by atoms with Gasteiger partial charge in [-0.3, -0.25) is 4.90 Å². The van der Waals surface area contributed by atoms with Crippen LogP contribution in [0, 0.1) is 0 Å². The summed E-state index contributed by atoms with van der Waals surface area (Å²) in [6.45, 7) is 3.17. The van der Waals surface area contributed by atoms with Crippen LogP contribution in [-0.4, -0.2) is 55.9 Å². The first-order chi connectivity index (χ1) is 11.6. The molecule has 0 unspecified atom stereocenters. The Kier molecular flexibility index (Phi) is 5.13. The zero-order valence-corrected chi connectivity index (χ0v) is 14.4. The number of methoxy groups -OCH3 is 1. The van der Waals surface area contributed by atoms with Gasteiger partial charge in [-0.05, 0) is 17.7 Å². The molecule has 0 radical (unpaired) electrons. The van der Waals surface area contributed by atoms with Crippen LogP contribution in [0.5, 0.6) is 5.88 Å². The van der Waals surface area contributed by atoms with Crippen LogP contribution in [0.3, 0.4) is 0 Å². The van der Waals surface area contributed by atoms with E-state index in [1.54, 1.807) is 41.9 Å². The van der Waals surface area contributed by atoms with Gasteiger partial charge in [-0.15, -0.1) is 0 Å². The molecule has 128 valence electrons. The van der Waals surface area contributed by atoms with Gasteiger partial charge in [-0.2, -0.15) is 4.31 Å². The van der Waals surface area contributed by atoms with Crippen LogP contribution in [0.15, 0.2) is 53.6 Å². The van der Waals surface area contributed by atoms with Gasteiger partial charge in [0, 0.05) is 45.0 Å². The number of pyridine rings is 1. The highest BCUT2D eigenvalue weighted by Gasteiger charge is 2.28. The molecule has 1 saturated heterocycles. The van der Waals surface area contributed by atoms with Crippen molar-refractivity contribution < 1.29 is 13.2 Å². The lowest BCUT2D eigenvalue weighted by Crippen LogP contribution is -2.48. The predicted octanol–water partition coefficient (Wildman–Crippen LogP) is 1.60. The Labute approximate surface area is 142 Å². The minimum absolute atomic E-state index is 0.359. The molecule has 3 rings (SSSR count). The molecule has 0 aliphatic carbocycles. The van der Waals surface area contributed by atoms with Gasteiger partial charge in [0.1, 0.15) is 0 Å². The molecule has 1 aromatic carbocycles. The summed E-state index contributed by atoms with van der Waals surface area (Å²) in [6.07, 6.45) is 1.80. The third kappa shape index (κ3) is 3.75. The molecule has 0 N–H and O–H groups in total. The number of ether oxygens (including phenoxy) is 1. The third-order valence-electron chi connectivity index (χ3n) is 4.13. The molecular weight excluding hydrogens is 326 g/mol. The largest absolute Gasteiger partial charge is 0.481 e. The van der Waals surface area contributed by atoms with Crippen molar-refractivity contribution in [3.05, 3.63) is 54.2 Å². The Bertz CT molecular complexity index is 755. The predicted molar refractivity (Wildman–Crippen MR) is 91.3 cm³/mol. The molecule has 2 aromatic rings. The fourth-order valence-electron chi connectivity index (χ4n) is 2.75. The van der Waals surface area contributed by atoms with Gasteiger partial charge < -0.3 is 4.74 Å². The summed E-state index contributed by atoms with van der Waals surface area (Å²) in [7, 11) is -1.80. The van der Waals surface area contributed by atoms with E-state index in [4.69, 9.17) is 4.74 Å². The highest BCUT2D eigenvalue weighted by molar-refractivity contribution is 7.89. The van der Waals surface area contributed by atoms with E-state index >= 15 is 0 Å². The molecule has 0 saturated carbocycles. The summed E-state index contributed by atoms with van der Waals surface area (Å²) >= 11 is 0. The number of rotatable bonds is 5. The van der Waals surface area contributed by atoms with Crippen LogP contribution in [0.25, 0.3) is 0 Å². The van der Waals surface area contributed by atoms with E-state index in [1.807, 2.05) is 18.2 Å². The van der Waals surface area contributed by atoms with Crippen LogP contribution in [0.4, 0.5) is 0 Å². The van der Waals surface area contributed by atoms with Crippen LogP contribution < -0.4 is 4.74 Å². The van der Waals surface area contributed by atoms with E-state index in [9.17, 15) is 8.42 Å². The summed E-state index contributed by atoms with van der Waals surface area (Å²) in [5.41, 5.74) is 1.09. The lowest BCUT2D eigenvalue weighted by atomic mass is 10.2. The molecule has 1 aromatic heterocycles. The van der Waals surface area contributed by atoms with Crippen molar-refractivity contribution in [1.82, 2.24) is 14.2 Å². The summed E-state index contributed by atoms with van der Waals surface area (Å²) in [5.74, 6) is 0.595. The first kappa shape index (κ1) is 16.9. The van der Waals surface area contributed by atoms with E-state index in [0.717, 1.165) is 12.1 Å². The SMILES string of the molecule is COc1ccc(CN2CCN(S(=O)(=O)c3ccccc3)CC2)cn1. The van der Waals surface area contributed by atoms with Crippen molar-refractivity contribution in [3.63, 3.8) is 0 Å². The number of sulfonamides is 1. The second kappa shape index (κ2) is 7.29. The molecule has 0 bridgehead atoms. The molecule has 6 nitrogen and oxygen atoms in total. The van der Waals surface area contributed by atoms with Crippen molar-refractivity contribution in [2.24, 2.45) is 0 Å². The van der Waals surface area contributed by atoms with Crippen LogP contribution >= 0.6 is 0 Å². The quantitative estimate of drug-likeness (QED) is 0.822. The maximum Gasteiger partial charge on any atom is 0.243 e. The number of nitrogens with zero attached hydrogens (tertiary/aromatic N) is 3. The van der Waals surface area contributed by atoms with Crippen molar-refractivity contribution in [1.29, 1.82) is 0 Å². The Hall–Kier alpha value is -1.96. The van der Waals surface area contributed by atoms with Crippen molar-refractivity contribution in [3.8, 4) is 5.88 Å².